The van der Waals surface area contributed by atoms with Crippen molar-refractivity contribution in [2.75, 3.05) is 0 Å². The van der Waals surface area contributed by atoms with Crippen LogP contribution in [0.5, 0.6) is 0 Å². The van der Waals surface area contributed by atoms with Crippen LogP contribution in [-0.4, -0.2) is 25.6 Å². The number of hydrogen-bond donors (Lipinski definition) is 3. The van der Waals surface area contributed by atoms with Crippen molar-refractivity contribution in [3.05, 3.63) is 29.3 Å². The Morgan fingerprint density at radius 2 is 2.12 bits per heavy atom. The molecule has 3 N–H and O–H groups in total. The number of rotatable bonds is 4. The molecule has 0 radical (unpaired) electrons. The van der Waals surface area contributed by atoms with Gasteiger partial charge >= 0.3 is 0 Å². The second kappa shape index (κ2) is 5.46. The number of hydroxylamine groups is 1. The average Bonchev–Trinajstić information content (AvgIpc) is 2.27. The van der Waals surface area contributed by atoms with Crippen molar-refractivity contribution >= 4 is 27.5 Å². The highest BCUT2D eigenvalue weighted by molar-refractivity contribution is 7.89. The lowest BCUT2D eigenvalue weighted by molar-refractivity contribution is -0.130. The van der Waals surface area contributed by atoms with Crippen LogP contribution in [0.1, 0.15) is 6.92 Å². The van der Waals surface area contributed by atoms with Gasteiger partial charge in [0.05, 0.1) is 4.90 Å². The molecule has 0 spiro atoms. The minimum absolute atomic E-state index is 0.0532. The van der Waals surface area contributed by atoms with Crippen molar-refractivity contribution in [2.45, 2.75) is 17.9 Å². The number of benzene rings is 1. The van der Waals surface area contributed by atoms with Crippen molar-refractivity contribution in [1.29, 1.82) is 0 Å². The summed E-state index contributed by atoms with van der Waals surface area (Å²) in [5.74, 6) is -0.851. The molecule has 0 saturated carbocycles. The van der Waals surface area contributed by atoms with Crippen LogP contribution in [0.15, 0.2) is 29.2 Å². The number of sulfonamides is 1. The molecule has 6 nitrogen and oxygen atoms in total. The maximum atomic E-state index is 11.8. The van der Waals surface area contributed by atoms with Gasteiger partial charge in [0.15, 0.2) is 0 Å². The Balaban J connectivity index is 2.93. The maximum Gasteiger partial charge on any atom is 0.261 e. The van der Waals surface area contributed by atoms with Gasteiger partial charge in [-0.15, -0.1) is 0 Å². The lowest BCUT2D eigenvalue weighted by atomic mass is 10.4. The summed E-state index contributed by atoms with van der Waals surface area (Å²) in [6.07, 6.45) is 0. The zero-order chi connectivity index (χ0) is 13.1. The van der Waals surface area contributed by atoms with E-state index in [-0.39, 0.29) is 9.92 Å². The van der Waals surface area contributed by atoms with Crippen LogP contribution in [0.2, 0.25) is 5.02 Å². The van der Waals surface area contributed by atoms with Crippen LogP contribution >= 0.6 is 11.6 Å². The van der Waals surface area contributed by atoms with E-state index in [1.807, 2.05) is 0 Å². The normalized spacial score (nSPS) is 13.1. The van der Waals surface area contributed by atoms with Crippen LogP contribution in [0, 0.1) is 0 Å². The molecule has 94 valence electrons. The minimum Gasteiger partial charge on any atom is -0.289 e. The molecule has 17 heavy (non-hydrogen) atoms. The van der Waals surface area contributed by atoms with Gasteiger partial charge in [-0.1, -0.05) is 17.7 Å². The molecule has 1 aromatic carbocycles. The summed E-state index contributed by atoms with van der Waals surface area (Å²) < 4.78 is 25.7. The van der Waals surface area contributed by atoms with Gasteiger partial charge in [-0.3, -0.25) is 10.0 Å². The van der Waals surface area contributed by atoms with E-state index in [1.165, 1.54) is 36.7 Å². The van der Waals surface area contributed by atoms with Gasteiger partial charge in [0, 0.05) is 5.02 Å². The fourth-order valence-electron chi connectivity index (χ4n) is 1.09. The van der Waals surface area contributed by atoms with E-state index in [9.17, 15) is 13.2 Å². The van der Waals surface area contributed by atoms with E-state index in [0.29, 0.717) is 0 Å². The highest BCUT2D eigenvalue weighted by Crippen LogP contribution is 2.15. The van der Waals surface area contributed by atoms with E-state index in [0.717, 1.165) is 0 Å². The SMILES string of the molecule is C[C@@H](NS(=O)(=O)c1cccc(Cl)c1)C(=O)NO. The van der Waals surface area contributed by atoms with E-state index in [2.05, 4.69) is 4.72 Å². The number of amides is 1. The monoisotopic (exact) mass is 278 g/mol. The molecule has 8 heteroatoms. The van der Waals surface area contributed by atoms with Crippen molar-refractivity contribution < 1.29 is 18.4 Å². The van der Waals surface area contributed by atoms with Crippen molar-refractivity contribution in [1.82, 2.24) is 10.2 Å². The molecule has 0 fully saturated rings. The topological polar surface area (TPSA) is 95.5 Å². The predicted octanol–water partition coefficient (Wildman–Crippen LogP) is 0.512. The first kappa shape index (κ1) is 13.9. The molecule has 1 rings (SSSR count). The van der Waals surface area contributed by atoms with E-state index >= 15 is 0 Å². The maximum absolute atomic E-state index is 11.8. The lowest BCUT2D eigenvalue weighted by Gasteiger charge is -2.12. The molecule has 0 bridgehead atoms. The van der Waals surface area contributed by atoms with Gasteiger partial charge in [-0.05, 0) is 25.1 Å². The van der Waals surface area contributed by atoms with Crippen molar-refractivity contribution in [2.24, 2.45) is 0 Å². The molecule has 0 aliphatic carbocycles. The smallest absolute Gasteiger partial charge is 0.261 e. The Labute approximate surface area is 104 Å². The third-order valence-electron chi connectivity index (χ3n) is 1.94. The minimum atomic E-state index is -3.84. The molecule has 1 atom stereocenters. The summed E-state index contributed by atoms with van der Waals surface area (Å²) in [6.45, 7) is 1.30. The number of halogens is 1. The number of carbonyl (C=O) groups excluding carboxylic acids is 1. The molecule has 0 aromatic heterocycles. The van der Waals surface area contributed by atoms with E-state index in [4.69, 9.17) is 16.8 Å². The lowest BCUT2D eigenvalue weighted by Crippen LogP contribution is -2.43. The first-order chi connectivity index (χ1) is 7.86. The fraction of sp³-hybridized carbons (Fsp3) is 0.222. The van der Waals surface area contributed by atoms with Gasteiger partial charge in [0.25, 0.3) is 5.91 Å². The van der Waals surface area contributed by atoms with E-state index in [1.54, 1.807) is 0 Å². The molecule has 0 saturated heterocycles. The highest BCUT2D eigenvalue weighted by Gasteiger charge is 2.21. The summed E-state index contributed by atoms with van der Waals surface area (Å²) in [7, 11) is -3.84. The van der Waals surface area contributed by atoms with Gasteiger partial charge in [0.2, 0.25) is 10.0 Å². The van der Waals surface area contributed by atoms with Crippen molar-refractivity contribution in [3.63, 3.8) is 0 Å². The third kappa shape index (κ3) is 3.67. The summed E-state index contributed by atoms with van der Waals surface area (Å²) >= 11 is 5.67. The van der Waals surface area contributed by atoms with E-state index < -0.39 is 22.0 Å². The standard InChI is InChI=1S/C9H11ClN2O4S/c1-6(9(13)11-14)12-17(15,16)8-4-2-3-7(10)5-8/h2-6,12,14H,1H3,(H,11,13)/t6-/m1/s1. The quantitative estimate of drug-likeness (QED) is 0.552. The number of hydrogen-bond acceptors (Lipinski definition) is 4. The zero-order valence-corrected chi connectivity index (χ0v) is 10.4. The molecular formula is C9H11ClN2O4S. The van der Waals surface area contributed by atoms with Crippen LogP contribution in [0.25, 0.3) is 0 Å². The molecule has 1 amide bonds. The van der Waals surface area contributed by atoms with Crippen LogP contribution < -0.4 is 10.2 Å². The largest absolute Gasteiger partial charge is 0.289 e. The first-order valence-corrected chi connectivity index (χ1v) is 6.45. The highest BCUT2D eigenvalue weighted by atomic mass is 35.5. The molecule has 1 aromatic rings. The van der Waals surface area contributed by atoms with Crippen LogP contribution in [0.4, 0.5) is 0 Å². The first-order valence-electron chi connectivity index (χ1n) is 4.58. The Kier molecular flexibility index (Phi) is 4.47. The molecule has 0 heterocycles. The Morgan fingerprint density at radius 3 is 2.65 bits per heavy atom. The summed E-state index contributed by atoms with van der Waals surface area (Å²) in [6, 6.07) is 4.52. The predicted molar refractivity (Wildman–Crippen MR) is 61.2 cm³/mol. The molecular weight excluding hydrogens is 268 g/mol. The Hall–Kier alpha value is -1.15. The van der Waals surface area contributed by atoms with Gasteiger partial charge in [-0.25, -0.2) is 13.9 Å². The molecule has 0 aliphatic rings. The molecule has 0 aliphatic heterocycles. The number of nitrogens with one attached hydrogen (secondary N) is 2. The van der Waals surface area contributed by atoms with Crippen LogP contribution in [0.3, 0.4) is 0 Å². The third-order valence-corrected chi connectivity index (χ3v) is 3.72. The van der Waals surface area contributed by atoms with Gasteiger partial charge in [-0.2, -0.15) is 4.72 Å². The molecule has 0 unspecified atom stereocenters. The average molecular weight is 279 g/mol. The van der Waals surface area contributed by atoms with Gasteiger partial charge < -0.3 is 0 Å². The summed E-state index contributed by atoms with van der Waals surface area (Å²) in [5.41, 5.74) is 1.36. The zero-order valence-electron chi connectivity index (χ0n) is 8.84. The Morgan fingerprint density at radius 1 is 1.47 bits per heavy atom. The van der Waals surface area contributed by atoms with Gasteiger partial charge in [0.1, 0.15) is 6.04 Å². The second-order valence-electron chi connectivity index (χ2n) is 3.28. The van der Waals surface area contributed by atoms with Crippen LogP contribution in [-0.2, 0) is 14.8 Å². The number of carbonyl (C=O) groups is 1. The second-order valence-corrected chi connectivity index (χ2v) is 5.43. The summed E-state index contributed by atoms with van der Waals surface area (Å²) in [5, 5.41) is 8.63. The Bertz CT molecular complexity index is 517. The van der Waals surface area contributed by atoms with Crippen molar-refractivity contribution in [3.8, 4) is 0 Å². The fourth-order valence-corrected chi connectivity index (χ4v) is 2.59. The summed E-state index contributed by atoms with van der Waals surface area (Å²) in [4.78, 5) is 10.9.